The SMILES string of the molecule is COc1cccc(Cn2cc(C(=O)Nc3ccccc3C#N)ccc2=O)c1. The molecule has 3 aromatic rings. The highest BCUT2D eigenvalue weighted by Crippen LogP contribution is 2.16. The highest BCUT2D eigenvalue weighted by Gasteiger charge is 2.11. The number of para-hydroxylation sites is 1. The van der Waals surface area contributed by atoms with E-state index in [1.165, 1.54) is 22.9 Å². The van der Waals surface area contributed by atoms with Crippen molar-refractivity contribution in [2.24, 2.45) is 0 Å². The molecule has 0 aliphatic rings. The molecule has 0 aliphatic carbocycles. The van der Waals surface area contributed by atoms with E-state index in [9.17, 15) is 9.59 Å². The zero-order valence-corrected chi connectivity index (χ0v) is 14.7. The Labute approximate surface area is 156 Å². The second-order valence-corrected chi connectivity index (χ2v) is 5.85. The molecular weight excluding hydrogens is 342 g/mol. The normalized spacial score (nSPS) is 10.1. The maximum absolute atomic E-state index is 12.5. The summed E-state index contributed by atoms with van der Waals surface area (Å²) in [6.07, 6.45) is 1.51. The Kier molecular flexibility index (Phi) is 5.33. The van der Waals surface area contributed by atoms with E-state index in [2.05, 4.69) is 5.32 Å². The van der Waals surface area contributed by atoms with Crippen LogP contribution < -0.4 is 15.6 Å². The second-order valence-electron chi connectivity index (χ2n) is 5.85. The molecule has 1 N–H and O–H groups in total. The molecule has 3 rings (SSSR count). The van der Waals surface area contributed by atoms with Crippen LogP contribution in [-0.2, 0) is 6.54 Å². The van der Waals surface area contributed by atoms with Gasteiger partial charge in [0.25, 0.3) is 11.5 Å². The summed E-state index contributed by atoms with van der Waals surface area (Å²) in [7, 11) is 1.58. The molecule has 0 aliphatic heterocycles. The van der Waals surface area contributed by atoms with Crippen molar-refractivity contribution in [1.82, 2.24) is 4.57 Å². The minimum Gasteiger partial charge on any atom is -0.497 e. The van der Waals surface area contributed by atoms with Gasteiger partial charge < -0.3 is 14.6 Å². The Hall–Kier alpha value is -3.85. The number of benzene rings is 2. The molecule has 6 nitrogen and oxygen atoms in total. The van der Waals surface area contributed by atoms with Gasteiger partial charge in [0.2, 0.25) is 0 Å². The topological polar surface area (TPSA) is 84.1 Å². The van der Waals surface area contributed by atoms with E-state index in [0.29, 0.717) is 29.1 Å². The van der Waals surface area contributed by atoms with Gasteiger partial charge in [-0.05, 0) is 35.9 Å². The molecule has 27 heavy (non-hydrogen) atoms. The Morgan fingerprint density at radius 3 is 2.74 bits per heavy atom. The van der Waals surface area contributed by atoms with Gasteiger partial charge >= 0.3 is 0 Å². The number of nitrogens with zero attached hydrogens (tertiary/aromatic N) is 2. The standard InChI is InChI=1S/C21H17N3O3/c1-27-18-7-4-5-15(11-18)13-24-14-17(9-10-20(24)25)21(26)23-19-8-3-2-6-16(19)12-22/h2-11,14H,13H2,1H3,(H,23,26). The zero-order chi connectivity index (χ0) is 19.2. The molecule has 1 heterocycles. The lowest BCUT2D eigenvalue weighted by Gasteiger charge is -2.10. The van der Waals surface area contributed by atoms with E-state index < -0.39 is 5.91 Å². The lowest BCUT2D eigenvalue weighted by Crippen LogP contribution is -2.22. The molecule has 0 radical (unpaired) electrons. The van der Waals surface area contributed by atoms with Gasteiger partial charge in [-0.25, -0.2) is 0 Å². The minimum atomic E-state index is -0.392. The number of nitrogens with one attached hydrogen (secondary N) is 1. The number of hydrogen-bond donors (Lipinski definition) is 1. The van der Waals surface area contributed by atoms with Crippen LogP contribution in [0.4, 0.5) is 5.69 Å². The molecular formula is C21H17N3O3. The highest BCUT2D eigenvalue weighted by molar-refractivity contribution is 6.04. The number of methoxy groups -OCH3 is 1. The van der Waals surface area contributed by atoms with Gasteiger partial charge in [-0.3, -0.25) is 9.59 Å². The first-order chi connectivity index (χ1) is 13.1. The monoisotopic (exact) mass is 359 g/mol. The summed E-state index contributed by atoms with van der Waals surface area (Å²) >= 11 is 0. The quantitative estimate of drug-likeness (QED) is 0.759. The lowest BCUT2D eigenvalue weighted by atomic mass is 10.1. The number of hydrogen-bond acceptors (Lipinski definition) is 4. The fourth-order valence-corrected chi connectivity index (χ4v) is 2.64. The van der Waals surface area contributed by atoms with Crippen LogP contribution in [0, 0.1) is 11.3 Å². The van der Waals surface area contributed by atoms with Crippen molar-refractivity contribution in [3.05, 3.63) is 93.9 Å². The molecule has 1 aromatic heterocycles. The van der Waals surface area contributed by atoms with E-state index >= 15 is 0 Å². The number of anilines is 1. The number of pyridine rings is 1. The number of carbonyl (C=O) groups is 1. The summed E-state index contributed by atoms with van der Waals surface area (Å²) in [5.74, 6) is 0.305. The number of ether oxygens (including phenoxy) is 1. The molecule has 0 bridgehead atoms. The van der Waals surface area contributed by atoms with Crippen LogP contribution in [0.5, 0.6) is 5.75 Å². The Balaban J connectivity index is 1.85. The second kappa shape index (κ2) is 8.02. The van der Waals surface area contributed by atoms with Gasteiger partial charge in [0.15, 0.2) is 0 Å². The van der Waals surface area contributed by atoms with E-state index in [0.717, 1.165) is 5.56 Å². The number of nitriles is 1. The molecule has 0 atom stereocenters. The Morgan fingerprint density at radius 2 is 1.96 bits per heavy atom. The van der Waals surface area contributed by atoms with Gasteiger partial charge in [0.05, 0.1) is 30.5 Å². The third-order valence-electron chi connectivity index (χ3n) is 4.03. The van der Waals surface area contributed by atoms with E-state index in [1.54, 1.807) is 31.4 Å². The predicted octanol–water partition coefficient (Wildman–Crippen LogP) is 3.03. The first-order valence-corrected chi connectivity index (χ1v) is 8.24. The number of amides is 1. The Bertz CT molecular complexity index is 1080. The summed E-state index contributed by atoms with van der Waals surface area (Å²) in [6, 6.07) is 19.0. The third kappa shape index (κ3) is 4.22. The maximum Gasteiger partial charge on any atom is 0.257 e. The van der Waals surface area contributed by atoms with Gasteiger partial charge in [-0.15, -0.1) is 0 Å². The van der Waals surface area contributed by atoms with Crippen LogP contribution in [0.3, 0.4) is 0 Å². The van der Waals surface area contributed by atoms with Crippen molar-refractivity contribution < 1.29 is 9.53 Å². The zero-order valence-electron chi connectivity index (χ0n) is 14.7. The first-order valence-electron chi connectivity index (χ1n) is 8.24. The number of rotatable bonds is 5. The molecule has 6 heteroatoms. The molecule has 0 fully saturated rings. The molecule has 0 spiro atoms. The fourth-order valence-electron chi connectivity index (χ4n) is 2.64. The first kappa shape index (κ1) is 18.0. The van der Waals surface area contributed by atoms with Crippen molar-refractivity contribution in [2.75, 3.05) is 12.4 Å². The summed E-state index contributed by atoms with van der Waals surface area (Å²) in [4.78, 5) is 24.7. The summed E-state index contributed by atoms with van der Waals surface area (Å²) in [5, 5.41) is 11.8. The van der Waals surface area contributed by atoms with Gasteiger partial charge in [0, 0.05) is 12.3 Å². The third-order valence-corrected chi connectivity index (χ3v) is 4.03. The van der Waals surface area contributed by atoms with Crippen molar-refractivity contribution in [2.45, 2.75) is 6.54 Å². The van der Waals surface area contributed by atoms with Crippen molar-refractivity contribution in [3.63, 3.8) is 0 Å². The van der Waals surface area contributed by atoms with Crippen LogP contribution in [0.15, 0.2) is 71.7 Å². The number of aromatic nitrogens is 1. The van der Waals surface area contributed by atoms with Crippen LogP contribution in [-0.4, -0.2) is 17.6 Å². The molecule has 0 saturated heterocycles. The van der Waals surface area contributed by atoms with E-state index in [-0.39, 0.29) is 5.56 Å². The van der Waals surface area contributed by atoms with Gasteiger partial charge in [-0.2, -0.15) is 5.26 Å². The summed E-state index contributed by atoms with van der Waals surface area (Å²) in [6.45, 7) is 0.311. The maximum atomic E-state index is 12.5. The highest BCUT2D eigenvalue weighted by atomic mass is 16.5. The summed E-state index contributed by atoms with van der Waals surface area (Å²) in [5.41, 5.74) is 1.78. The lowest BCUT2D eigenvalue weighted by molar-refractivity contribution is 0.102. The number of carbonyl (C=O) groups excluding carboxylic acids is 1. The molecule has 0 unspecified atom stereocenters. The van der Waals surface area contributed by atoms with Crippen LogP contribution in [0.2, 0.25) is 0 Å². The Morgan fingerprint density at radius 1 is 1.15 bits per heavy atom. The van der Waals surface area contributed by atoms with Crippen LogP contribution in [0.25, 0.3) is 0 Å². The predicted molar refractivity (Wildman–Crippen MR) is 102 cm³/mol. The van der Waals surface area contributed by atoms with Crippen LogP contribution in [0.1, 0.15) is 21.5 Å². The van der Waals surface area contributed by atoms with Crippen LogP contribution >= 0.6 is 0 Å². The van der Waals surface area contributed by atoms with Gasteiger partial charge in [-0.1, -0.05) is 24.3 Å². The van der Waals surface area contributed by atoms with E-state index in [1.807, 2.05) is 30.3 Å². The molecule has 0 saturated carbocycles. The molecule has 134 valence electrons. The molecule has 1 amide bonds. The average Bonchev–Trinajstić information content (AvgIpc) is 2.70. The smallest absolute Gasteiger partial charge is 0.257 e. The van der Waals surface area contributed by atoms with Gasteiger partial charge in [0.1, 0.15) is 11.8 Å². The summed E-state index contributed by atoms with van der Waals surface area (Å²) < 4.78 is 6.65. The van der Waals surface area contributed by atoms with Crippen molar-refractivity contribution in [3.8, 4) is 11.8 Å². The van der Waals surface area contributed by atoms with E-state index in [4.69, 9.17) is 10.00 Å². The minimum absolute atomic E-state index is 0.216. The molecule has 2 aromatic carbocycles. The largest absolute Gasteiger partial charge is 0.497 e. The van der Waals surface area contributed by atoms with Crippen molar-refractivity contribution >= 4 is 11.6 Å². The fraction of sp³-hybridized carbons (Fsp3) is 0.0952. The van der Waals surface area contributed by atoms with Crippen molar-refractivity contribution in [1.29, 1.82) is 5.26 Å². The average molecular weight is 359 g/mol.